The molecule has 0 aromatic heterocycles. The van der Waals surface area contributed by atoms with Crippen molar-refractivity contribution in [1.82, 2.24) is 0 Å². The number of hydrogen-bond acceptors (Lipinski definition) is 5. The van der Waals surface area contributed by atoms with Gasteiger partial charge in [-0.3, -0.25) is 0 Å². The second-order valence-corrected chi connectivity index (χ2v) is 1.69. The number of halogens is 1. The Kier molecular flexibility index (Phi) is 3.67. The predicted octanol–water partition coefficient (Wildman–Crippen LogP) is -0.350. The lowest BCUT2D eigenvalue weighted by molar-refractivity contribution is -0.360. The SMILES string of the molecule is O=[N+]([O-])/C(=N\O)C(O)CCl. The Morgan fingerprint density at radius 2 is 2.40 bits per heavy atom. The van der Waals surface area contributed by atoms with Crippen LogP contribution >= 0.6 is 11.6 Å². The van der Waals surface area contributed by atoms with Crippen LogP contribution in [0.15, 0.2) is 5.16 Å². The van der Waals surface area contributed by atoms with Gasteiger partial charge in [-0.1, -0.05) is 0 Å². The highest BCUT2D eigenvalue weighted by atomic mass is 35.5. The lowest BCUT2D eigenvalue weighted by Gasteiger charge is -1.99. The molecule has 0 rings (SSSR count). The number of alkyl halides is 1. The van der Waals surface area contributed by atoms with Crippen LogP contribution in [0.1, 0.15) is 0 Å². The van der Waals surface area contributed by atoms with E-state index in [1.807, 2.05) is 0 Å². The van der Waals surface area contributed by atoms with Crippen molar-refractivity contribution in [2.75, 3.05) is 5.88 Å². The van der Waals surface area contributed by atoms with E-state index < -0.39 is 16.9 Å². The van der Waals surface area contributed by atoms with Gasteiger partial charge < -0.3 is 20.4 Å². The van der Waals surface area contributed by atoms with Gasteiger partial charge in [0.05, 0.1) is 5.88 Å². The number of aliphatic hydroxyl groups is 1. The van der Waals surface area contributed by atoms with Crippen molar-refractivity contribution in [3.63, 3.8) is 0 Å². The zero-order valence-electron chi connectivity index (χ0n) is 4.77. The maximum atomic E-state index is 9.83. The van der Waals surface area contributed by atoms with Crippen LogP contribution in [-0.2, 0) is 0 Å². The molecule has 0 heterocycles. The second kappa shape index (κ2) is 4.02. The van der Waals surface area contributed by atoms with Gasteiger partial charge >= 0.3 is 5.84 Å². The van der Waals surface area contributed by atoms with E-state index in [1.54, 1.807) is 0 Å². The highest BCUT2D eigenvalue weighted by Crippen LogP contribution is 1.92. The number of nitro groups is 1. The maximum absolute atomic E-state index is 9.83. The number of nitrogens with zero attached hydrogens (tertiary/aromatic N) is 2. The summed E-state index contributed by atoms with van der Waals surface area (Å²) < 4.78 is 0. The monoisotopic (exact) mass is 168 g/mol. The predicted molar refractivity (Wildman–Crippen MR) is 32.9 cm³/mol. The largest absolute Gasteiger partial charge is 0.414 e. The Hall–Kier alpha value is -0.880. The van der Waals surface area contributed by atoms with Gasteiger partial charge in [0.2, 0.25) is 0 Å². The van der Waals surface area contributed by atoms with Crippen molar-refractivity contribution in [3.05, 3.63) is 10.1 Å². The Balaban J connectivity index is 4.23. The molecule has 0 aromatic carbocycles. The summed E-state index contributed by atoms with van der Waals surface area (Å²) in [6, 6.07) is 0. The maximum Gasteiger partial charge on any atom is 0.414 e. The molecule has 0 aliphatic rings. The number of aliphatic hydroxyl groups excluding tert-OH is 1. The van der Waals surface area contributed by atoms with Gasteiger partial charge in [0.15, 0.2) is 11.3 Å². The molecule has 2 N–H and O–H groups in total. The fourth-order valence-corrected chi connectivity index (χ4v) is 0.432. The Morgan fingerprint density at radius 3 is 2.50 bits per heavy atom. The van der Waals surface area contributed by atoms with E-state index in [0.717, 1.165) is 0 Å². The molecule has 0 aliphatic heterocycles. The van der Waals surface area contributed by atoms with Gasteiger partial charge in [0.1, 0.15) is 0 Å². The number of oxime groups is 1. The molecule has 0 amide bonds. The van der Waals surface area contributed by atoms with Crippen molar-refractivity contribution >= 4 is 17.4 Å². The van der Waals surface area contributed by atoms with Crippen LogP contribution in [0.3, 0.4) is 0 Å². The van der Waals surface area contributed by atoms with Crippen molar-refractivity contribution in [2.24, 2.45) is 5.16 Å². The average Bonchev–Trinajstić information content (AvgIpc) is 1.88. The Bertz CT molecular complexity index is 159. The summed E-state index contributed by atoms with van der Waals surface area (Å²) in [6.07, 6.45) is -1.53. The molecule has 1 unspecified atom stereocenters. The van der Waals surface area contributed by atoms with E-state index in [4.69, 9.17) is 21.9 Å². The van der Waals surface area contributed by atoms with Crippen LogP contribution in [0.5, 0.6) is 0 Å². The van der Waals surface area contributed by atoms with E-state index in [1.165, 1.54) is 0 Å². The van der Waals surface area contributed by atoms with E-state index in [-0.39, 0.29) is 5.88 Å². The van der Waals surface area contributed by atoms with Crippen molar-refractivity contribution in [2.45, 2.75) is 6.10 Å². The molecule has 0 saturated carbocycles. The first-order valence-electron chi connectivity index (χ1n) is 2.23. The first kappa shape index (κ1) is 9.12. The molecule has 6 nitrogen and oxygen atoms in total. The quantitative estimate of drug-likeness (QED) is 0.147. The molecule has 0 aromatic rings. The normalized spacial score (nSPS) is 14.8. The van der Waals surface area contributed by atoms with Crippen LogP contribution in [-0.4, -0.2) is 33.1 Å². The lowest BCUT2D eigenvalue weighted by Crippen LogP contribution is -2.29. The highest BCUT2D eigenvalue weighted by Gasteiger charge is 2.23. The van der Waals surface area contributed by atoms with Crippen LogP contribution in [0.2, 0.25) is 0 Å². The first-order chi connectivity index (χ1) is 4.63. The summed E-state index contributed by atoms with van der Waals surface area (Å²) in [5.41, 5.74) is 0. The molecule has 0 aliphatic carbocycles. The number of amidine groups is 1. The molecule has 0 radical (unpaired) electrons. The van der Waals surface area contributed by atoms with Crippen LogP contribution in [0.25, 0.3) is 0 Å². The zero-order valence-corrected chi connectivity index (χ0v) is 5.52. The molecule has 0 bridgehead atoms. The third-order valence-corrected chi connectivity index (χ3v) is 1.03. The summed E-state index contributed by atoms with van der Waals surface area (Å²) in [5.74, 6) is -1.32. The average molecular weight is 169 g/mol. The summed E-state index contributed by atoms with van der Waals surface area (Å²) >= 11 is 5.02. The van der Waals surface area contributed by atoms with E-state index in [2.05, 4.69) is 5.16 Å². The minimum absolute atomic E-state index is 0.375. The minimum atomic E-state index is -1.53. The van der Waals surface area contributed by atoms with Gasteiger partial charge in [-0.15, -0.1) is 11.6 Å². The molecule has 7 heteroatoms. The smallest absolute Gasteiger partial charge is 0.379 e. The molecule has 0 fully saturated rings. The first-order valence-corrected chi connectivity index (χ1v) is 2.77. The number of hydrogen-bond donors (Lipinski definition) is 2. The lowest BCUT2D eigenvalue weighted by atomic mass is 10.4. The molecular formula is C3H5ClN2O4. The standard InChI is InChI=1S/C3H5ClN2O4/c4-1-2(7)3(5-8)6(9)10/h2,7-8H,1H2/b5-3-. The van der Waals surface area contributed by atoms with Gasteiger partial charge in [0, 0.05) is 0 Å². The molecule has 0 spiro atoms. The molecular weight excluding hydrogens is 163 g/mol. The van der Waals surface area contributed by atoms with Gasteiger partial charge in [-0.05, 0) is 4.92 Å². The topological polar surface area (TPSA) is 96.0 Å². The summed E-state index contributed by atoms with van der Waals surface area (Å²) in [5, 5.41) is 28.6. The molecule has 1 atom stereocenters. The van der Waals surface area contributed by atoms with Crippen molar-refractivity contribution in [3.8, 4) is 0 Å². The Morgan fingerprint density at radius 1 is 1.90 bits per heavy atom. The van der Waals surface area contributed by atoms with Crippen LogP contribution in [0, 0.1) is 10.1 Å². The van der Waals surface area contributed by atoms with Crippen molar-refractivity contribution in [1.29, 1.82) is 0 Å². The fourth-order valence-electron chi connectivity index (χ4n) is 0.294. The summed E-state index contributed by atoms with van der Waals surface area (Å²) in [7, 11) is 0. The summed E-state index contributed by atoms with van der Waals surface area (Å²) in [4.78, 5) is 8.82. The minimum Gasteiger partial charge on any atom is -0.379 e. The van der Waals surface area contributed by atoms with Gasteiger partial charge in [-0.2, -0.15) is 0 Å². The van der Waals surface area contributed by atoms with Gasteiger partial charge in [0.25, 0.3) is 0 Å². The summed E-state index contributed by atoms with van der Waals surface area (Å²) in [6.45, 7) is 0. The zero-order chi connectivity index (χ0) is 8.15. The molecule has 10 heavy (non-hydrogen) atoms. The number of rotatable bonds is 2. The van der Waals surface area contributed by atoms with E-state index in [0.29, 0.717) is 0 Å². The van der Waals surface area contributed by atoms with Crippen LogP contribution in [0.4, 0.5) is 0 Å². The van der Waals surface area contributed by atoms with Crippen molar-refractivity contribution < 1.29 is 15.2 Å². The Labute approximate surface area is 60.9 Å². The highest BCUT2D eigenvalue weighted by molar-refractivity contribution is 6.19. The molecule has 0 saturated heterocycles. The van der Waals surface area contributed by atoms with Crippen LogP contribution < -0.4 is 0 Å². The van der Waals surface area contributed by atoms with E-state index >= 15 is 0 Å². The molecule has 58 valence electrons. The third kappa shape index (κ3) is 2.16. The fraction of sp³-hybridized carbons (Fsp3) is 0.667. The second-order valence-electron chi connectivity index (χ2n) is 1.39. The van der Waals surface area contributed by atoms with Gasteiger partial charge in [-0.25, -0.2) is 0 Å². The van der Waals surface area contributed by atoms with E-state index in [9.17, 15) is 10.1 Å². The third-order valence-electron chi connectivity index (χ3n) is 0.734.